The first-order chi connectivity index (χ1) is 16.9. The summed E-state index contributed by atoms with van der Waals surface area (Å²) in [5.41, 5.74) is 3.09. The standard InChI is InChI=1S/C26H36N6O3/c1-19-14-31(20(2)17-33)26(34)7-5-11-32-23(13-28-29-32)18-35-25(19)16-30(3)15-21-8-9-22-6-4-10-27-24(22)12-21/h4,6,8-10,12-13,19-20,25,33H,5,7,11,14-18H2,1-3H3/t19-,20-,25-/m0/s1. The van der Waals surface area contributed by atoms with Crippen LogP contribution >= 0.6 is 0 Å². The number of aromatic nitrogens is 4. The van der Waals surface area contributed by atoms with Crippen molar-refractivity contribution in [1.29, 1.82) is 0 Å². The second-order valence-electron chi connectivity index (χ2n) is 9.68. The topological polar surface area (TPSA) is 96.6 Å². The van der Waals surface area contributed by atoms with Crippen molar-refractivity contribution < 1.29 is 14.6 Å². The van der Waals surface area contributed by atoms with E-state index in [0.717, 1.165) is 23.1 Å². The molecule has 1 aromatic carbocycles. The zero-order valence-electron chi connectivity index (χ0n) is 20.9. The van der Waals surface area contributed by atoms with E-state index in [1.54, 1.807) is 11.1 Å². The van der Waals surface area contributed by atoms with Gasteiger partial charge in [-0.15, -0.1) is 5.10 Å². The molecule has 0 fully saturated rings. The number of benzene rings is 1. The second kappa shape index (κ2) is 11.7. The number of aliphatic hydroxyl groups excluding tert-OH is 1. The quantitative estimate of drug-likeness (QED) is 0.579. The Morgan fingerprint density at radius 1 is 1.31 bits per heavy atom. The van der Waals surface area contributed by atoms with Crippen molar-refractivity contribution in [2.24, 2.45) is 5.92 Å². The van der Waals surface area contributed by atoms with Gasteiger partial charge in [0.1, 0.15) is 0 Å². The molecule has 1 aliphatic rings. The number of fused-ring (bicyclic) bond motifs is 2. The fraction of sp³-hybridized carbons (Fsp3) is 0.538. The number of rotatable bonds is 6. The van der Waals surface area contributed by atoms with Gasteiger partial charge in [-0.05, 0) is 38.1 Å². The van der Waals surface area contributed by atoms with Gasteiger partial charge in [-0.1, -0.05) is 30.3 Å². The lowest BCUT2D eigenvalue weighted by molar-refractivity contribution is -0.136. The molecule has 9 heteroatoms. The van der Waals surface area contributed by atoms with Gasteiger partial charge in [-0.2, -0.15) is 0 Å². The normalized spacial score (nSPS) is 20.9. The summed E-state index contributed by atoms with van der Waals surface area (Å²) in [6, 6.07) is 10.1. The Labute approximate surface area is 206 Å². The molecule has 3 heterocycles. The number of hydrogen-bond acceptors (Lipinski definition) is 7. The molecule has 1 N–H and O–H groups in total. The highest BCUT2D eigenvalue weighted by Crippen LogP contribution is 2.20. The van der Waals surface area contributed by atoms with E-state index >= 15 is 0 Å². The van der Waals surface area contributed by atoms with Gasteiger partial charge < -0.3 is 14.7 Å². The maximum atomic E-state index is 13.0. The maximum Gasteiger partial charge on any atom is 0.222 e. The maximum absolute atomic E-state index is 13.0. The third kappa shape index (κ3) is 6.42. The zero-order valence-corrected chi connectivity index (χ0v) is 20.9. The monoisotopic (exact) mass is 480 g/mol. The van der Waals surface area contributed by atoms with E-state index in [1.165, 1.54) is 5.56 Å². The van der Waals surface area contributed by atoms with Gasteiger partial charge in [0.25, 0.3) is 0 Å². The first-order valence-electron chi connectivity index (χ1n) is 12.4. The molecular formula is C26H36N6O3. The Balaban J connectivity index is 1.51. The first-order valence-corrected chi connectivity index (χ1v) is 12.4. The van der Waals surface area contributed by atoms with Crippen molar-refractivity contribution in [1.82, 2.24) is 29.8 Å². The zero-order chi connectivity index (χ0) is 24.8. The lowest BCUT2D eigenvalue weighted by atomic mass is 10.0. The van der Waals surface area contributed by atoms with Gasteiger partial charge in [0.15, 0.2) is 0 Å². The van der Waals surface area contributed by atoms with Gasteiger partial charge in [0.2, 0.25) is 5.91 Å². The first kappa shape index (κ1) is 25.2. The second-order valence-corrected chi connectivity index (χ2v) is 9.68. The number of carbonyl (C=O) groups is 1. The van der Waals surface area contributed by atoms with E-state index in [9.17, 15) is 9.90 Å². The van der Waals surface area contributed by atoms with Crippen LogP contribution in [0.1, 0.15) is 37.9 Å². The Bertz CT molecular complexity index is 1120. The van der Waals surface area contributed by atoms with Crippen molar-refractivity contribution >= 4 is 16.8 Å². The fourth-order valence-corrected chi connectivity index (χ4v) is 4.64. The lowest BCUT2D eigenvalue weighted by Gasteiger charge is -2.35. The minimum absolute atomic E-state index is 0.0522. The summed E-state index contributed by atoms with van der Waals surface area (Å²) < 4.78 is 8.25. The highest BCUT2D eigenvalue weighted by molar-refractivity contribution is 5.78. The predicted octanol–water partition coefficient (Wildman–Crippen LogP) is 2.48. The Kier molecular flexibility index (Phi) is 8.43. The van der Waals surface area contributed by atoms with Crippen molar-refractivity contribution in [3.05, 3.63) is 54.0 Å². The highest BCUT2D eigenvalue weighted by Gasteiger charge is 2.28. The summed E-state index contributed by atoms with van der Waals surface area (Å²) in [5, 5.41) is 19.1. The van der Waals surface area contributed by atoms with Crippen LogP contribution in [0.2, 0.25) is 0 Å². The summed E-state index contributed by atoms with van der Waals surface area (Å²) in [6.45, 7) is 6.96. The van der Waals surface area contributed by atoms with Crippen molar-refractivity contribution in [2.45, 2.75) is 58.5 Å². The smallest absolute Gasteiger partial charge is 0.222 e. The molecule has 9 nitrogen and oxygen atoms in total. The Morgan fingerprint density at radius 2 is 2.17 bits per heavy atom. The SMILES string of the molecule is C[C@H]1CN([C@@H](C)CO)C(=O)CCCn2nncc2CO[C@H]1CN(C)Cc1ccc2cccnc2c1. The summed E-state index contributed by atoms with van der Waals surface area (Å²) in [5.74, 6) is 0.119. The fourth-order valence-electron chi connectivity index (χ4n) is 4.64. The molecule has 0 unspecified atom stereocenters. The molecule has 4 rings (SSSR count). The minimum Gasteiger partial charge on any atom is -0.394 e. The van der Waals surface area contributed by atoms with Crippen LogP contribution in [0, 0.1) is 5.92 Å². The number of likely N-dealkylation sites (N-methyl/N-ethyl adjacent to an activating group) is 1. The molecule has 0 radical (unpaired) electrons. The minimum atomic E-state index is -0.238. The molecule has 2 aromatic heterocycles. The lowest BCUT2D eigenvalue weighted by Crippen LogP contribution is -2.47. The van der Waals surface area contributed by atoms with Crippen LogP contribution in [0.3, 0.4) is 0 Å². The number of carbonyl (C=O) groups excluding carboxylic acids is 1. The van der Waals surface area contributed by atoms with Crippen LogP contribution in [0.15, 0.2) is 42.7 Å². The molecule has 0 bridgehead atoms. The van der Waals surface area contributed by atoms with E-state index in [-0.39, 0.29) is 30.6 Å². The van der Waals surface area contributed by atoms with Crippen molar-refractivity contribution in [2.75, 3.05) is 26.7 Å². The van der Waals surface area contributed by atoms with Gasteiger partial charge in [-0.25, -0.2) is 4.68 Å². The Morgan fingerprint density at radius 3 is 3.00 bits per heavy atom. The summed E-state index contributed by atoms with van der Waals surface area (Å²) in [7, 11) is 2.08. The molecule has 3 atom stereocenters. The van der Waals surface area contributed by atoms with Crippen LogP contribution in [-0.2, 0) is 29.2 Å². The molecule has 35 heavy (non-hydrogen) atoms. The number of aliphatic hydroxyl groups is 1. The van der Waals surface area contributed by atoms with E-state index < -0.39 is 0 Å². The van der Waals surface area contributed by atoms with Gasteiger partial charge in [-0.3, -0.25) is 14.7 Å². The van der Waals surface area contributed by atoms with Crippen LogP contribution in [0.4, 0.5) is 0 Å². The molecule has 1 amide bonds. The molecule has 0 saturated heterocycles. The number of ether oxygens (including phenoxy) is 1. The van der Waals surface area contributed by atoms with Gasteiger partial charge >= 0.3 is 0 Å². The molecule has 188 valence electrons. The predicted molar refractivity (Wildman–Crippen MR) is 133 cm³/mol. The molecule has 1 aliphatic heterocycles. The number of aryl methyl sites for hydroxylation is 1. The average Bonchev–Trinajstić information content (AvgIpc) is 3.30. The van der Waals surface area contributed by atoms with Crippen molar-refractivity contribution in [3.8, 4) is 0 Å². The summed E-state index contributed by atoms with van der Waals surface area (Å²) in [4.78, 5) is 21.5. The molecule has 0 aliphatic carbocycles. The number of nitrogens with zero attached hydrogens (tertiary/aromatic N) is 6. The third-order valence-corrected chi connectivity index (χ3v) is 6.75. The Hall–Kier alpha value is -2.88. The molecule has 3 aromatic rings. The summed E-state index contributed by atoms with van der Waals surface area (Å²) >= 11 is 0. The molecule has 0 saturated carbocycles. The van der Waals surface area contributed by atoms with E-state index in [2.05, 4.69) is 58.4 Å². The average molecular weight is 481 g/mol. The highest BCUT2D eigenvalue weighted by atomic mass is 16.5. The van der Waals surface area contributed by atoms with Gasteiger partial charge in [0, 0.05) is 50.1 Å². The largest absolute Gasteiger partial charge is 0.394 e. The van der Waals surface area contributed by atoms with E-state index in [4.69, 9.17) is 4.74 Å². The third-order valence-electron chi connectivity index (χ3n) is 6.75. The van der Waals surface area contributed by atoms with Crippen molar-refractivity contribution in [3.63, 3.8) is 0 Å². The van der Waals surface area contributed by atoms with E-state index in [0.29, 0.717) is 39.1 Å². The summed E-state index contributed by atoms with van der Waals surface area (Å²) in [6.07, 6.45) is 4.52. The van der Waals surface area contributed by atoms with Crippen LogP contribution < -0.4 is 0 Å². The van der Waals surface area contributed by atoms with Gasteiger partial charge in [0.05, 0.1) is 42.8 Å². The number of hydrogen-bond donors (Lipinski definition) is 1. The van der Waals surface area contributed by atoms with Crippen LogP contribution in [-0.4, -0.2) is 79.7 Å². The molecular weight excluding hydrogens is 444 g/mol. The van der Waals surface area contributed by atoms with Crippen LogP contribution in [0.25, 0.3) is 10.9 Å². The van der Waals surface area contributed by atoms with E-state index in [1.807, 2.05) is 23.9 Å². The van der Waals surface area contributed by atoms with Crippen LogP contribution in [0.5, 0.6) is 0 Å². The number of amides is 1. The molecule has 0 spiro atoms. The number of pyridine rings is 1.